The van der Waals surface area contributed by atoms with Crippen molar-refractivity contribution in [1.82, 2.24) is 10.2 Å². The second kappa shape index (κ2) is 6.71. The molecule has 2 rings (SSSR count). The van der Waals surface area contributed by atoms with E-state index in [4.69, 9.17) is 5.73 Å². The first-order valence-electron chi connectivity index (χ1n) is 7.87. The van der Waals surface area contributed by atoms with Crippen molar-refractivity contribution < 1.29 is 4.79 Å². The van der Waals surface area contributed by atoms with Crippen molar-refractivity contribution in [3.8, 4) is 0 Å². The van der Waals surface area contributed by atoms with Crippen molar-refractivity contribution in [3.05, 3.63) is 0 Å². The molecule has 2 aliphatic rings. The van der Waals surface area contributed by atoms with Crippen LogP contribution in [0.15, 0.2) is 0 Å². The molecule has 1 saturated carbocycles. The van der Waals surface area contributed by atoms with Crippen LogP contribution in [-0.4, -0.2) is 42.5 Å². The van der Waals surface area contributed by atoms with Crippen LogP contribution in [0, 0.1) is 11.8 Å². The maximum Gasteiger partial charge on any atom is 0.234 e. The summed E-state index contributed by atoms with van der Waals surface area (Å²) in [6, 6.07) is 0.726. The number of nitrogens with two attached hydrogens (primary N) is 1. The van der Waals surface area contributed by atoms with Gasteiger partial charge in [0.2, 0.25) is 5.91 Å². The summed E-state index contributed by atoms with van der Waals surface area (Å²) < 4.78 is 0. The average Bonchev–Trinajstić information content (AvgIpc) is 2.73. The molecular formula is C15H29N3O. The summed E-state index contributed by atoms with van der Waals surface area (Å²) in [6.45, 7) is 7.01. The van der Waals surface area contributed by atoms with Crippen LogP contribution >= 0.6 is 0 Å². The lowest BCUT2D eigenvalue weighted by Gasteiger charge is -2.30. The topological polar surface area (TPSA) is 58.4 Å². The molecule has 0 bridgehead atoms. The standard InChI is InChI=1S/C15H29N3O/c1-3-12-4-5-14(11(12)2)17-15(19)10-18-8-6-13(16)7-9-18/h11-14H,3-10,16H2,1-2H3,(H,17,19). The predicted molar refractivity (Wildman–Crippen MR) is 77.8 cm³/mol. The van der Waals surface area contributed by atoms with Crippen LogP contribution < -0.4 is 11.1 Å². The molecule has 1 saturated heterocycles. The third-order valence-electron chi connectivity index (χ3n) is 5.10. The van der Waals surface area contributed by atoms with Crippen LogP contribution in [0.3, 0.4) is 0 Å². The van der Waals surface area contributed by atoms with Gasteiger partial charge in [0.05, 0.1) is 6.54 Å². The van der Waals surface area contributed by atoms with Gasteiger partial charge in [-0.15, -0.1) is 0 Å². The highest BCUT2D eigenvalue weighted by atomic mass is 16.2. The van der Waals surface area contributed by atoms with Crippen LogP contribution in [0.1, 0.15) is 46.0 Å². The quantitative estimate of drug-likeness (QED) is 0.808. The van der Waals surface area contributed by atoms with Crippen LogP contribution in [0.25, 0.3) is 0 Å². The number of piperidine rings is 1. The molecule has 0 aromatic rings. The number of hydrogen-bond donors (Lipinski definition) is 2. The average molecular weight is 267 g/mol. The first-order valence-corrected chi connectivity index (χ1v) is 7.87. The highest BCUT2D eigenvalue weighted by molar-refractivity contribution is 5.78. The summed E-state index contributed by atoms with van der Waals surface area (Å²) in [4.78, 5) is 14.3. The van der Waals surface area contributed by atoms with Crippen molar-refractivity contribution in [2.45, 2.75) is 58.0 Å². The molecule has 3 unspecified atom stereocenters. The van der Waals surface area contributed by atoms with Gasteiger partial charge in [0.25, 0.3) is 0 Å². The van der Waals surface area contributed by atoms with Crippen molar-refractivity contribution >= 4 is 5.91 Å². The van der Waals surface area contributed by atoms with Crippen molar-refractivity contribution in [2.24, 2.45) is 17.6 Å². The zero-order valence-corrected chi connectivity index (χ0v) is 12.4. The summed E-state index contributed by atoms with van der Waals surface area (Å²) in [5, 5.41) is 3.24. The molecule has 2 fully saturated rings. The summed E-state index contributed by atoms with van der Waals surface area (Å²) >= 11 is 0. The number of amides is 1. The number of rotatable bonds is 4. The van der Waals surface area contributed by atoms with Gasteiger partial charge in [-0.2, -0.15) is 0 Å². The fourth-order valence-electron chi connectivity index (χ4n) is 3.59. The van der Waals surface area contributed by atoms with Gasteiger partial charge in [0.15, 0.2) is 0 Å². The Labute approximate surface area is 117 Å². The van der Waals surface area contributed by atoms with Gasteiger partial charge in [-0.05, 0) is 37.5 Å². The van der Waals surface area contributed by atoms with Gasteiger partial charge in [0, 0.05) is 25.2 Å². The Morgan fingerprint density at radius 1 is 1.26 bits per heavy atom. The van der Waals surface area contributed by atoms with Gasteiger partial charge < -0.3 is 11.1 Å². The number of likely N-dealkylation sites (tertiary alicyclic amines) is 1. The second-order valence-electron chi connectivity index (χ2n) is 6.39. The molecule has 110 valence electrons. The van der Waals surface area contributed by atoms with E-state index in [9.17, 15) is 4.79 Å². The molecule has 1 heterocycles. The second-order valence-corrected chi connectivity index (χ2v) is 6.39. The minimum absolute atomic E-state index is 0.198. The molecule has 0 radical (unpaired) electrons. The fourth-order valence-corrected chi connectivity index (χ4v) is 3.59. The Balaban J connectivity index is 1.73. The monoisotopic (exact) mass is 267 g/mol. The normalized spacial score (nSPS) is 33.5. The molecule has 19 heavy (non-hydrogen) atoms. The maximum absolute atomic E-state index is 12.1. The molecule has 4 heteroatoms. The third kappa shape index (κ3) is 3.93. The summed E-state index contributed by atoms with van der Waals surface area (Å²) in [5.74, 6) is 1.62. The number of carbonyl (C=O) groups excluding carboxylic acids is 1. The Hall–Kier alpha value is -0.610. The summed E-state index contributed by atoms with van der Waals surface area (Å²) in [5.41, 5.74) is 5.88. The van der Waals surface area contributed by atoms with E-state index in [1.165, 1.54) is 12.8 Å². The van der Waals surface area contributed by atoms with E-state index >= 15 is 0 Å². The molecule has 4 nitrogen and oxygen atoms in total. The number of hydrogen-bond acceptors (Lipinski definition) is 3. The predicted octanol–water partition coefficient (Wildman–Crippen LogP) is 1.35. The van der Waals surface area contributed by atoms with Crippen molar-refractivity contribution in [1.29, 1.82) is 0 Å². The zero-order chi connectivity index (χ0) is 13.8. The Morgan fingerprint density at radius 2 is 1.95 bits per heavy atom. The first kappa shape index (κ1) is 14.8. The van der Waals surface area contributed by atoms with E-state index in [1.54, 1.807) is 0 Å². The SMILES string of the molecule is CCC1CCC(NC(=O)CN2CCC(N)CC2)C1C. The maximum atomic E-state index is 12.1. The Morgan fingerprint density at radius 3 is 2.53 bits per heavy atom. The van der Waals surface area contributed by atoms with Crippen LogP contribution in [0.2, 0.25) is 0 Å². The molecule has 3 atom stereocenters. The number of nitrogens with zero attached hydrogens (tertiary/aromatic N) is 1. The highest BCUT2D eigenvalue weighted by Crippen LogP contribution is 2.33. The van der Waals surface area contributed by atoms with E-state index in [2.05, 4.69) is 24.1 Å². The Bertz CT molecular complexity index is 300. The lowest BCUT2D eigenvalue weighted by molar-refractivity contribution is -0.123. The van der Waals surface area contributed by atoms with Gasteiger partial charge in [0.1, 0.15) is 0 Å². The van der Waals surface area contributed by atoms with E-state index in [0.29, 0.717) is 24.5 Å². The van der Waals surface area contributed by atoms with Crippen LogP contribution in [-0.2, 0) is 4.79 Å². The summed E-state index contributed by atoms with van der Waals surface area (Å²) in [6.07, 6.45) is 5.69. The molecule has 1 aliphatic carbocycles. The van der Waals surface area contributed by atoms with Gasteiger partial charge in [-0.3, -0.25) is 9.69 Å². The molecule has 0 spiro atoms. The molecule has 1 aliphatic heterocycles. The zero-order valence-electron chi connectivity index (χ0n) is 12.4. The van der Waals surface area contributed by atoms with Gasteiger partial charge in [-0.25, -0.2) is 0 Å². The first-order chi connectivity index (χ1) is 9.10. The van der Waals surface area contributed by atoms with Gasteiger partial charge >= 0.3 is 0 Å². The smallest absolute Gasteiger partial charge is 0.234 e. The molecule has 0 aromatic heterocycles. The van der Waals surface area contributed by atoms with E-state index in [0.717, 1.165) is 38.3 Å². The van der Waals surface area contributed by atoms with E-state index in [-0.39, 0.29) is 5.91 Å². The minimum atomic E-state index is 0.198. The molecule has 3 N–H and O–H groups in total. The number of nitrogens with one attached hydrogen (secondary N) is 1. The fraction of sp³-hybridized carbons (Fsp3) is 0.933. The van der Waals surface area contributed by atoms with Crippen LogP contribution in [0.4, 0.5) is 0 Å². The Kier molecular flexibility index (Phi) is 5.22. The highest BCUT2D eigenvalue weighted by Gasteiger charge is 2.32. The van der Waals surface area contributed by atoms with Gasteiger partial charge in [-0.1, -0.05) is 20.3 Å². The molecule has 0 aromatic carbocycles. The van der Waals surface area contributed by atoms with E-state index < -0.39 is 0 Å². The third-order valence-corrected chi connectivity index (χ3v) is 5.10. The summed E-state index contributed by atoms with van der Waals surface area (Å²) in [7, 11) is 0. The lowest BCUT2D eigenvalue weighted by atomic mass is 9.93. The minimum Gasteiger partial charge on any atom is -0.352 e. The van der Waals surface area contributed by atoms with Crippen molar-refractivity contribution in [3.63, 3.8) is 0 Å². The molecule has 1 amide bonds. The lowest BCUT2D eigenvalue weighted by Crippen LogP contribution is -2.47. The van der Waals surface area contributed by atoms with E-state index in [1.807, 2.05) is 0 Å². The van der Waals surface area contributed by atoms with Crippen LogP contribution in [0.5, 0.6) is 0 Å². The number of carbonyl (C=O) groups is 1. The largest absolute Gasteiger partial charge is 0.352 e. The van der Waals surface area contributed by atoms with Crippen molar-refractivity contribution in [2.75, 3.05) is 19.6 Å². The molecular weight excluding hydrogens is 238 g/mol.